The molecule has 1 amide bonds. The molecule has 10 heteroatoms. The number of ketones is 1. The second kappa shape index (κ2) is 10.0. The fraction of sp³-hybridized carbons (Fsp3) is 0.208. The topological polar surface area (TPSA) is 79.3 Å². The zero-order chi connectivity index (χ0) is 24.6. The largest absolute Gasteiger partial charge is 0.392 e. The molecule has 1 aliphatic carbocycles. The maximum absolute atomic E-state index is 13.0. The summed E-state index contributed by atoms with van der Waals surface area (Å²) < 4.78 is -1.31. The van der Waals surface area contributed by atoms with Gasteiger partial charge in [-0.05, 0) is 53.1 Å². The molecule has 2 N–H and O–H groups in total. The van der Waals surface area contributed by atoms with E-state index in [2.05, 4.69) is 10.3 Å². The van der Waals surface area contributed by atoms with E-state index in [9.17, 15) is 14.7 Å². The molecule has 34 heavy (non-hydrogen) atoms. The van der Waals surface area contributed by atoms with Crippen molar-refractivity contribution in [3.63, 3.8) is 0 Å². The number of aromatic nitrogens is 1. The summed E-state index contributed by atoms with van der Waals surface area (Å²) in [6.07, 6.45) is 3.11. The van der Waals surface area contributed by atoms with Crippen LogP contribution in [0.1, 0.15) is 33.0 Å². The molecule has 3 aromatic rings. The van der Waals surface area contributed by atoms with Crippen molar-refractivity contribution in [3.8, 4) is 0 Å². The van der Waals surface area contributed by atoms with Gasteiger partial charge < -0.3 is 10.4 Å². The van der Waals surface area contributed by atoms with Gasteiger partial charge in [0.25, 0.3) is 0 Å². The van der Waals surface area contributed by atoms with Crippen LogP contribution in [0.2, 0.25) is 15.1 Å². The lowest BCUT2D eigenvalue weighted by Gasteiger charge is -2.10. The second-order valence-electron chi connectivity index (χ2n) is 7.95. The number of aliphatic hydroxyl groups is 1. The number of rotatable bonds is 7. The number of aliphatic hydroxyl groups excluding tert-OH is 1. The van der Waals surface area contributed by atoms with E-state index in [4.69, 9.17) is 58.0 Å². The highest BCUT2D eigenvalue weighted by Crippen LogP contribution is 2.65. The first-order valence-corrected chi connectivity index (χ1v) is 12.0. The second-order valence-corrected chi connectivity index (χ2v) is 10.6. The minimum Gasteiger partial charge on any atom is -0.392 e. The van der Waals surface area contributed by atoms with Crippen LogP contribution in [0.25, 0.3) is 0 Å². The number of nitrogens with one attached hydrogen (secondary N) is 1. The first kappa shape index (κ1) is 25.2. The van der Waals surface area contributed by atoms with E-state index in [0.29, 0.717) is 32.4 Å². The molecular weight excluding hydrogens is 542 g/mol. The number of anilines is 1. The summed E-state index contributed by atoms with van der Waals surface area (Å²) in [7, 11) is 0. The highest BCUT2D eigenvalue weighted by Gasteiger charge is 2.67. The highest BCUT2D eigenvalue weighted by atomic mass is 35.5. The van der Waals surface area contributed by atoms with Crippen molar-refractivity contribution in [3.05, 3.63) is 92.2 Å². The molecule has 1 heterocycles. The molecule has 1 saturated carbocycles. The van der Waals surface area contributed by atoms with Crippen molar-refractivity contribution in [1.29, 1.82) is 0 Å². The lowest BCUT2D eigenvalue weighted by Crippen LogP contribution is -2.17. The number of benzene rings is 2. The molecule has 2 aromatic carbocycles. The van der Waals surface area contributed by atoms with Crippen LogP contribution in [0, 0.1) is 5.92 Å². The number of carbonyl (C=O) groups is 2. The summed E-state index contributed by atoms with van der Waals surface area (Å²) in [5.41, 5.74) is 2.56. The smallest absolute Gasteiger partial charge is 0.231 e. The Balaban J connectivity index is 1.50. The number of hydrogen-bond donors (Lipinski definition) is 2. The van der Waals surface area contributed by atoms with Gasteiger partial charge in [0, 0.05) is 36.0 Å². The van der Waals surface area contributed by atoms with Gasteiger partial charge in [-0.15, -0.1) is 23.2 Å². The molecule has 176 valence electrons. The van der Waals surface area contributed by atoms with Gasteiger partial charge in [-0.1, -0.05) is 40.9 Å². The van der Waals surface area contributed by atoms with Crippen LogP contribution in [0.5, 0.6) is 0 Å². The Hall–Kier alpha value is -1.86. The highest BCUT2D eigenvalue weighted by molar-refractivity contribution is 6.53. The molecular formula is C24H17Cl5N2O3. The third-order valence-electron chi connectivity index (χ3n) is 5.57. The van der Waals surface area contributed by atoms with Crippen molar-refractivity contribution in [1.82, 2.24) is 4.98 Å². The van der Waals surface area contributed by atoms with Gasteiger partial charge in [0.2, 0.25) is 5.91 Å². The molecule has 0 aliphatic heterocycles. The van der Waals surface area contributed by atoms with Gasteiger partial charge in [-0.3, -0.25) is 14.6 Å². The molecule has 0 unspecified atom stereocenters. The first-order valence-electron chi connectivity index (χ1n) is 10.1. The normalized spacial score (nSPS) is 18.4. The SMILES string of the molecule is O=C(Cc1cncc(CO)c1)c1cc(NC(=O)[C@H]2[C@H](c3ccc(Cl)c(Cl)c3)C2(Cl)Cl)ccc1Cl. The summed E-state index contributed by atoms with van der Waals surface area (Å²) in [6.45, 7) is -0.176. The molecule has 0 saturated heterocycles. The van der Waals surface area contributed by atoms with Crippen LogP contribution < -0.4 is 5.32 Å². The predicted molar refractivity (Wildman–Crippen MR) is 135 cm³/mol. The number of Topliss-reactive ketones (excluding diaryl/α,β-unsaturated/α-hetero) is 1. The minimum atomic E-state index is -1.31. The minimum absolute atomic E-state index is 0.0342. The van der Waals surface area contributed by atoms with E-state index in [1.165, 1.54) is 18.3 Å². The number of alkyl halides is 2. The van der Waals surface area contributed by atoms with Gasteiger partial charge in [0.15, 0.2) is 5.78 Å². The third kappa shape index (κ3) is 5.20. The Labute approximate surface area is 220 Å². The molecule has 1 aromatic heterocycles. The van der Waals surface area contributed by atoms with Crippen LogP contribution in [-0.4, -0.2) is 26.1 Å². The summed E-state index contributed by atoms with van der Waals surface area (Å²) in [6, 6.07) is 11.3. The van der Waals surface area contributed by atoms with Crippen molar-refractivity contribution in [2.75, 3.05) is 5.32 Å². The predicted octanol–water partition coefficient (Wildman–Crippen LogP) is 6.49. The Morgan fingerprint density at radius 1 is 0.941 bits per heavy atom. The molecule has 0 radical (unpaired) electrons. The van der Waals surface area contributed by atoms with E-state index < -0.39 is 22.1 Å². The van der Waals surface area contributed by atoms with E-state index in [-0.39, 0.29) is 29.4 Å². The fourth-order valence-electron chi connectivity index (χ4n) is 3.82. The third-order valence-corrected chi connectivity index (χ3v) is 7.58. The number of hydrogen-bond acceptors (Lipinski definition) is 4. The Bertz CT molecular complexity index is 1280. The van der Waals surface area contributed by atoms with Gasteiger partial charge in [0.1, 0.15) is 4.33 Å². The fourth-order valence-corrected chi connectivity index (χ4v) is 5.17. The van der Waals surface area contributed by atoms with Gasteiger partial charge >= 0.3 is 0 Å². The van der Waals surface area contributed by atoms with Gasteiger partial charge in [-0.2, -0.15) is 0 Å². The molecule has 4 rings (SSSR count). The average Bonchev–Trinajstić information content (AvgIpc) is 3.39. The van der Waals surface area contributed by atoms with Crippen LogP contribution in [0.4, 0.5) is 5.69 Å². The Kier molecular flexibility index (Phi) is 7.44. The van der Waals surface area contributed by atoms with Crippen molar-refractivity contribution in [2.24, 2.45) is 5.92 Å². The van der Waals surface area contributed by atoms with E-state index in [1.54, 1.807) is 36.5 Å². The Morgan fingerprint density at radius 2 is 1.65 bits per heavy atom. The van der Waals surface area contributed by atoms with E-state index >= 15 is 0 Å². The van der Waals surface area contributed by atoms with Crippen LogP contribution in [0.15, 0.2) is 54.9 Å². The van der Waals surface area contributed by atoms with Gasteiger partial charge in [0.05, 0.1) is 27.6 Å². The van der Waals surface area contributed by atoms with Crippen molar-refractivity contribution in [2.45, 2.75) is 23.3 Å². The van der Waals surface area contributed by atoms with Crippen LogP contribution >= 0.6 is 58.0 Å². The Morgan fingerprint density at radius 3 is 2.35 bits per heavy atom. The number of amides is 1. The maximum atomic E-state index is 13.0. The standard InChI is InChI=1S/C24H17Cl5N2O3/c25-17-4-2-15(8-16(17)20(33)6-12-5-13(11-32)10-30-9-12)31-23(34)22-21(24(22,28)29)14-1-3-18(26)19(27)7-14/h1-5,7-10,21-22,32H,6,11H2,(H,31,34)/t21-,22+/m0/s1. The number of halogens is 5. The summed E-state index contributed by atoms with van der Waals surface area (Å²) in [5, 5.41) is 13.0. The number of carbonyl (C=O) groups excluding carboxylic acids is 2. The summed E-state index contributed by atoms with van der Waals surface area (Å²) in [4.78, 5) is 29.9. The molecule has 2 atom stereocenters. The van der Waals surface area contributed by atoms with Crippen LogP contribution in [0.3, 0.4) is 0 Å². The molecule has 0 spiro atoms. The quantitative estimate of drug-likeness (QED) is 0.257. The summed E-state index contributed by atoms with van der Waals surface area (Å²) >= 11 is 31.1. The van der Waals surface area contributed by atoms with Crippen molar-refractivity contribution >= 4 is 75.4 Å². The number of nitrogens with zero attached hydrogens (tertiary/aromatic N) is 1. The van der Waals surface area contributed by atoms with E-state index in [1.807, 2.05) is 0 Å². The van der Waals surface area contributed by atoms with Crippen LogP contribution in [-0.2, 0) is 17.8 Å². The molecule has 1 fully saturated rings. The van der Waals surface area contributed by atoms with Gasteiger partial charge in [-0.25, -0.2) is 0 Å². The lowest BCUT2D eigenvalue weighted by molar-refractivity contribution is -0.117. The van der Waals surface area contributed by atoms with Crippen molar-refractivity contribution < 1.29 is 14.7 Å². The number of pyridine rings is 1. The molecule has 5 nitrogen and oxygen atoms in total. The lowest BCUT2D eigenvalue weighted by atomic mass is 10.0. The monoisotopic (exact) mass is 556 g/mol. The van der Waals surface area contributed by atoms with E-state index in [0.717, 1.165) is 0 Å². The maximum Gasteiger partial charge on any atom is 0.231 e. The zero-order valence-corrected chi connectivity index (χ0v) is 21.1. The first-order chi connectivity index (χ1) is 16.1. The molecule has 1 aliphatic rings. The average molecular weight is 559 g/mol. The molecule has 0 bridgehead atoms. The summed E-state index contributed by atoms with van der Waals surface area (Å²) in [5.74, 6) is -1.86. The zero-order valence-electron chi connectivity index (χ0n) is 17.4.